The zero-order valence-electron chi connectivity index (χ0n) is 10.8. The first-order valence-electron chi connectivity index (χ1n) is 5.76. The van der Waals surface area contributed by atoms with Gasteiger partial charge in [0.1, 0.15) is 5.82 Å². The summed E-state index contributed by atoms with van der Waals surface area (Å²) in [7, 11) is 0. The van der Waals surface area contributed by atoms with Gasteiger partial charge in [0.2, 0.25) is 0 Å². The standard InChI is InChI=1S/C13H18FNO3/c1-4-18-13(2,3)8-15-9-5-6-10(12(16)17)11(14)7-9/h5-7,15H,4,8H2,1-3H3,(H,16,17). The molecule has 0 aliphatic carbocycles. The van der Waals surface area contributed by atoms with Gasteiger partial charge in [0.05, 0.1) is 11.2 Å². The van der Waals surface area contributed by atoms with E-state index < -0.39 is 11.8 Å². The van der Waals surface area contributed by atoms with Gasteiger partial charge in [0.15, 0.2) is 0 Å². The molecule has 5 heteroatoms. The van der Waals surface area contributed by atoms with Crippen LogP contribution in [0.25, 0.3) is 0 Å². The molecule has 0 aliphatic heterocycles. The fourth-order valence-corrected chi connectivity index (χ4v) is 1.56. The Hall–Kier alpha value is -1.62. The maximum atomic E-state index is 13.4. The van der Waals surface area contributed by atoms with Crippen molar-refractivity contribution in [1.29, 1.82) is 0 Å². The number of carbonyl (C=O) groups is 1. The van der Waals surface area contributed by atoms with Crippen LogP contribution >= 0.6 is 0 Å². The topological polar surface area (TPSA) is 58.6 Å². The van der Waals surface area contributed by atoms with Gasteiger partial charge in [0.25, 0.3) is 0 Å². The van der Waals surface area contributed by atoms with Crippen molar-refractivity contribution in [2.75, 3.05) is 18.5 Å². The summed E-state index contributed by atoms with van der Waals surface area (Å²) in [6.45, 7) is 6.85. The third-order valence-corrected chi connectivity index (χ3v) is 2.45. The molecule has 0 amide bonds. The summed E-state index contributed by atoms with van der Waals surface area (Å²) in [4.78, 5) is 10.7. The zero-order valence-corrected chi connectivity index (χ0v) is 10.8. The molecule has 1 rings (SSSR count). The fraction of sp³-hybridized carbons (Fsp3) is 0.462. The fourth-order valence-electron chi connectivity index (χ4n) is 1.56. The van der Waals surface area contributed by atoms with Crippen LogP contribution in [-0.4, -0.2) is 29.8 Å². The van der Waals surface area contributed by atoms with E-state index in [1.165, 1.54) is 18.2 Å². The number of aromatic carboxylic acids is 1. The Balaban J connectivity index is 2.70. The largest absolute Gasteiger partial charge is 0.478 e. The molecule has 0 bridgehead atoms. The molecule has 1 aromatic rings. The molecule has 0 atom stereocenters. The average Bonchev–Trinajstić information content (AvgIpc) is 2.26. The molecule has 0 spiro atoms. The van der Waals surface area contributed by atoms with Crippen LogP contribution < -0.4 is 5.32 Å². The van der Waals surface area contributed by atoms with Crippen molar-refractivity contribution in [3.63, 3.8) is 0 Å². The molecule has 0 fully saturated rings. The molecular formula is C13H18FNO3. The molecule has 18 heavy (non-hydrogen) atoms. The Kier molecular flexibility index (Phi) is 4.67. The van der Waals surface area contributed by atoms with E-state index in [9.17, 15) is 9.18 Å². The first-order chi connectivity index (χ1) is 8.35. The summed E-state index contributed by atoms with van der Waals surface area (Å²) in [5.41, 5.74) is -0.161. The average molecular weight is 255 g/mol. The summed E-state index contributed by atoms with van der Waals surface area (Å²) in [5, 5.41) is 11.7. The van der Waals surface area contributed by atoms with E-state index in [0.29, 0.717) is 18.8 Å². The molecule has 0 saturated carbocycles. The van der Waals surface area contributed by atoms with Crippen LogP contribution in [0.3, 0.4) is 0 Å². The SMILES string of the molecule is CCOC(C)(C)CNc1ccc(C(=O)O)c(F)c1. The van der Waals surface area contributed by atoms with Crippen LogP contribution in [0.1, 0.15) is 31.1 Å². The monoisotopic (exact) mass is 255 g/mol. The molecule has 1 aromatic carbocycles. The summed E-state index contributed by atoms with van der Waals surface area (Å²) < 4.78 is 18.9. The second kappa shape index (κ2) is 5.82. The number of rotatable bonds is 6. The highest BCUT2D eigenvalue weighted by atomic mass is 19.1. The number of halogens is 1. The third kappa shape index (κ3) is 4.00. The van der Waals surface area contributed by atoms with Gasteiger partial charge >= 0.3 is 5.97 Å². The van der Waals surface area contributed by atoms with Gasteiger partial charge in [-0.3, -0.25) is 0 Å². The molecule has 0 heterocycles. The Morgan fingerprint density at radius 2 is 2.17 bits per heavy atom. The molecule has 4 nitrogen and oxygen atoms in total. The smallest absolute Gasteiger partial charge is 0.338 e. The number of nitrogens with one attached hydrogen (secondary N) is 1. The molecule has 100 valence electrons. The van der Waals surface area contributed by atoms with E-state index >= 15 is 0 Å². The Labute approximate surface area is 106 Å². The molecule has 0 aliphatic rings. The molecule has 2 N–H and O–H groups in total. The normalized spacial score (nSPS) is 11.3. The predicted molar refractivity (Wildman–Crippen MR) is 67.6 cm³/mol. The summed E-state index contributed by atoms with van der Waals surface area (Å²) in [6, 6.07) is 3.95. The summed E-state index contributed by atoms with van der Waals surface area (Å²) in [6.07, 6.45) is 0. The van der Waals surface area contributed by atoms with Gasteiger partial charge in [-0.05, 0) is 39.0 Å². The quantitative estimate of drug-likeness (QED) is 0.820. The van der Waals surface area contributed by atoms with E-state index in [1.807, 2.05) is 20.8 Å². The number of benzene rings is 1. The number of carboxylic acids is 1. The van der Waals surface area contributed by atoms with Crippen molar-refractivity contribution < 1.29 is 19.0 Å². The number of carboxylic acid groups (broad SMARTS) is 1. The Bertz CT molecular complexity index is 432. The minimum atomic E-state index is -1.27. The van der Waals surface area contributed by atoms with Crippen molar-refractivity contribution in [3.8, 4) is 0 Å². The van der Waals surface area contributed by atoms with Gasteiger partial charge in [-0.25, -0.2) is 9.18 Å². The zero-order chi connectivity index (χ0) is 13.8. The lowest BCUT2D eigenvalue weighted by atomic mass is 10.1. The van der Waals surface area contributed by atoms with Crippen LogP contribution in [0.4, 0.5) is 10.1 Å². The summed E-state index contributed by atoms with van der Waals surface area (Å²) in [5.74, 6) is -2.02. The Morgan fingerprint density at radius 3 is 2.67 bits per heavy atom. The van der Waals surface area contributed by atoms with Gasteiger partial charge in [0, 0.05) is 18.8 Å². The van der Waals surface area contributed by atoms with Crippen LogP contribution in [0.15, 0.2) is 18.2 Å². The molecule has 0 aromatic heterocycles. The minimum absolute atomic E-state index is 0.329. The molecule has 0 radical (unpaired) electrons. The Morgan fingerprint density at radius 1 is 1.50 bits per heavy atom. The van der Waals surface area contributed by atoms with Gasteiger partial charge in [-0.15, -0.1) is 0 Å². The lowest BCUT2D eigenvalue weighted by molar-refractivity contribution is 0.000684. The van der Waals surface area contributed by atoms with Crippen LogP contribution in [0.2, 0.25) is 0 Å². The van der Waals surface area contributed by atoms with Crippen LogP contribution in [0, 0.1) is 5.82 Å². The maximum Gasteiger partial charge on any atom is 0.338 e. The van der Waals surface area contributed by atoms with Gasteiger partial charge < -0.3 is 15.2 Å². The van der Waals surface area contributed by atoms with Crippen molar-refractivity contribution in [3.05, 3.63) is 29.6 Å². The van der Waals surface area contributed by atoms with Crippen molar-refractivity contribution >= 4 is 11.7 Å². The number of hydrogen-bond donors (Lipinski definition) is 2. The number of hydrogen-bond acceptors (Lipinski definition) is 3. The van der Waals surface area contributed by atoms with E-state index in [1.54, 1.807) is 0 Å². The first kappa shape index (κ1) is 14.4. The van der Waals surface area contributed by atoms with Crippen LogP contribution in [0.5, 0.6) is 0 Å². The maximum absolute atomic E-state index is 13.4. The van der Waals surface area contributed by atoms with E-state index in [4.69, 9.17) is 9.84 Å². The second-order valence-electron chi connectivity index (χ2n) is 4.55. The van der Waals surface area contributed by atoms with Crippen molar-refractivity contribution in [2.24, 2.45) is 0 Å². The lowest BCUT2D eigenvalue weighted by Crippen LogP contribution is -2.33. The van der Waals surface area contributed by atoms with E-state index in [2.05, 4.69) is 5.32 Å². The summed E-state index contributed by atoms with van der Waals surface area (Å²) >= 11 is 0. The van der Waals surface area contributed by atoms with Gasteiger partial charge in [-0.2, -0.15) is 0 Å². The highest BCUT2D eigenvalue weighted by Gasteiger charge is 2.17. The van der Waals surface area contributed by atoms with Gasteiger partial charge in [-0.1, -0.05) is 0 Å². The van der Waals surface area contributed by atoms with Crippen molar-refractivity contribution in [1.82, 2.24) is 0 Å². The van der Waals surface area contributed by atoms with Crippen molar-refractivity contribution in [2.45, 2.75) is 26.4 Å². The predicted octanol–water partition coefficient (Wildman–Crippen LogP) is 2.75. The number of ether oxygens (including phenoxy) is 1. The van der Waals surface area contributed by atoms with E-state index in [-0.39, 0.29) is 11.2 Å². The third-order valence-electron chi connectivity index (χ3n) is 2.45. The number of anilines is 1. The van der Waals surface area contributed by atoms with Crippen LogP contribution in [-0.2, 0) is 4.74 Å². The highest BCUT2D eigenvalue weighted by Crippen LogP contribution is 2.16. The molecule has 0 saturated heterocycles. The lowest BCUT2D eigenvalue weighted by Gasteiger charge is -2.25. The molecular weight excluding hydrogens is 237 g/mol. The second-order valence-corrected chi connectivity index (χ2v) is 4.55. The minimum Gasteiger partial charge on any atom is -0.478 e. The highest BCUT2D eigenvalue weighted by molar-refractivity contribution is 5.88. The first-order valence-corrected chi connectivity index (χ1v) is 5.76. The molecule has 0 unspecified atom stereocenters. The van der Waals surface area contributed by atoms with E-state index in [0.717, 1.165) is 0 Å².